The molecule has 0 N–H and O–H groups in total. The molecule has 0 aromatic carbocycles. The number of piperidine rings is 1. The number of methoxy groups -OCH3 is 1. The van der Waals surface area contributed by atoms with E-state index in [1.165, 1.54) is 0 Å². The molecule has 1 aliphatic rings. The first-order valence-corrected chi connectivity index (χ1v) is 10.3. The zero-order valence-electron chi connectivity index (χ0n) is 16.3. The highest BCUT2D eigenvalue weighted by atomic mass is 32.1. The number of rotatable bonds is 8. The van der Waals surface area contributed by atoms with Crippen molar-refractivity contribution in [1.82, 2.24) is 9.88 Å². The van der Waals surface area contributed by atoms with Gasteiger partial charge < -0.3 is 13.9 Å². The minimum Gasteiger partial charge on any atom is -0.466 e. The monoisotopic (exact) mass is 392 g/mol. The summed E-state index contributed by atoms with van der Waals surface area (Å²) in [5, 5.41) is 2.02. The first-order chi connectivity index (χ1) is 13.1. The Hall–Kier alpha value is -1.70. The molecule has 0 amide bonds. The Morgan fingerprint density at radius 1 is 1.48 bits per heavy atom. The number of hydrogen-bond acceptors (Lipinski definition) is 7. The van der Waals surface area contributed by atoms with Crippen molar-refractivity contribution < 1.29 is 18.7 Å². The standard InChI is InChI=1S/C20H28N2O4S/c1-4-25-19(23)20(9-11-24-3)8-6-10-22(14-20)13-16-15(2)26-18(21-16)17-7-5-12-27-17/h5,7,12H,4,6,8-11,13-14H2,1-3H3. The zero-order chi connectivity index (χ0) is 19.3. The van der Waals surface area contributed by atoms with E-state index >= 15 is 0 Å². The zero-order valence-corrected chi connectivity index (χ0v) is 17.1. The summed E-state index contributed by atoms with van der Waals surface area (Å²) in [4.78, 5) is 20.7. The Labute approximate surface area is 164 Å². The second-order valence-electron chi connectivity index (χ2n) is 7.06. The number of hydrogen-bond donors (Lipinski definition) is 0. The van der Waals surface area contributed by atoms with Gasteiger partial charge in [-0.25, -0.2) is 4.98 Å². The Morgan fingerprint density at radius 2 is 2.33 bits per heavy atom. The SMILES string of the molecule is CCOC(=O)C1(CCOC)CCCN(Cc2nc(-c3cccs3)oc2C)C1. The Morgan fingerprint density at radius 3 is 3.04 bits per heavy atom. The maximum absolute atomic E-state index is 12.7. The molecule has 0 aliphatic carbocycles. The summed E-state index contributed by atoms with van der Waals surface area (Å²) in [5.41, 5.74) is 0.434. The number of nitrogens with zero attached hydrogens (tertiary/aromatic N) is 2. The minimum absolute atomic E-state index is 0.108. The molecule has 0 saturated carbocycles. The molecule has 2 aromatic heterocycles. The smallest absolute Gasteiger partial charge is 0.313 e. The predicted octanol–water partition coefficient (Wildman–Crippen LogP) is 3.89. The third-order valence-electron chi connectivity index (χ3n) is 5.15. The molecule has 1 aliphatic heterocycles. The van der Waals surface area contributed by atoms with Crippen LogP contribution in [0.3, 0.4) is 0 Å². The van der Waals surface area contributed by atoms with Crippen molar-refractivity contribution in [1.29, 1.82) is 0 Å². The summed E-state index contributed by atoms with van der Waals surface area (Å²) >= 11 is 1.62. The van der Waals surface area contributed by atoms with E-state index in [1.54, 1.807) is 18.4 Å². The first-order valence-electron chi connectivity index (χ1n) is 9.46. The molecular weight excluding hydrogens is 364 g/mol. The van der Waals surface area contributed by atoms with Crippen LogP contribution in [0.5, 0.6) is 0 Å². The van der Waals surface area contributed by atoms with Gasteiger partial charge in [-0.05, 0) is 51.1 Å². The minimum atomic E-state index is -0.501. The third kappa shape index (κ3) is 4.59. The predicted molar refractivity (Wildman–Crippen MR) is 105 cm³/mol. The van der Waals surface area contributed by atoms with E-state index in [0.717, 1.165) is 35.7 Å². The number of aromatic nitrogens is 1. The van der Waals surface area contributed by atoms with Gasteiger partial charge in [-0.15, -0.1) is 11.3 Å². The van der Waals surface area contributed by atoms with Crippen LogP contribution in [0, 0.1) is 12.3 Å². The molecule has 148 valence electrons. The maximum Gasteiger partial charge on any atom is 0.313 e. The summed E-state index contributed by atoms with van der Waals surface area (Å²) in [5.74, 6) is 1.40. The van der Waals surface area contributed by atoms with Crippen molar-refractivity contribution in [3.05, 3.63) is 29.0 Å². The first kappa shape index (κ1) is 20.0. The van der Waals surface area contributed by atoms with Crippen LogP contribution in [0.4, 0.5) is 0 Å². The summed E-state index contributed by atoms with van der Waals surface area (Å²) in [7, 11) is 1.67. The van der Waals surface area contributed by atoms with E-state index in [1.807, 2.05) is 31.4 Å². The largest absolute Gasteiger partial charge is 0.466 e. The van der Waals surface area contributed by atoms with Gasteiger partial charge in [0.2, 0.25) is 5.89 Å². The number of esters is 1. The van der Waals surface area contributed by atoms with E-state index in [-0.39, 0.29) is 5.97 Å². The van der Waals surface area contributed by atoms with Crippen LogP contribution >= 0.6 is 11.3 Å². The second kappa shape index (κ2) is 8.99. The van der Waals surface area contributed by atoms with E-state index in [9.17, 15) is 4.79 Å². The molecule has 1 unspecified atom stereocenters. The topological polar surface area (TPSA) is 64.8 Å². The highest BCUT2D eigenvalue weighted by Gasteiger charge is 2.43. The number of oxazole rings is 1. The number of ether oxygens (including phenoxy) is 2. The molecule has 1 atom stereocenters. The van der Waals surface area contributed by atoms with Crippen LogP contribution in [-0.4, -0.2) is 49.3 Å². The van der Waals surface area contributed by atoms with Gasteiger partial charge in [-0.3, -0.25) is 9.69 Å². The van der Waals surface area contributed by atoms with Crippen LogP contribution in [-0.2, 0) is 20.8 Å². The van der Waals surface area contributed by atoms with Gasteiger partial charge >= 0.3 is 5.97 Å². The number of carbonyl (C=O) groups is 1. The van der Waals surface area contributed by atoms with Crippen LogP contribution in [0.2, 0.25) is 0 Å². The van der Waals surface area contributed by atoms with Crippen LogP contribution in [0.1, 0.15) is 37.6 Å². The Kier molecular flexibility index (Phi) is 6.68. The Balaban J connectivity index is 1.74. The molecule has 7 heteroatoms. The molecule has 3 rings (SSSR count). The lowest BCUT2D eigenvalue weighted by Gasteiger charge is -2.40. The van der Waals surface area contributed by atoms with Crippen LogP contribution < -0.4 is 0 Å². The average Bonchev–Trinajstić information content (AvgIpc) is 3.31. The van der Waals surface area contributed by atoms with Gasteiger partial charge in [0.1, 0.15) is 5.76 Å². The van der Waals surface area contributed by atoms with E-state index < -0.39 is 5.41 Å². The quantitative estimate of drug-likeness (QED) is 0.635. The summed E-state index contributed by atoms with van der Waals surface area (Å²) < 4.78 is 16.5. The maximum atomic E-state index is 12.7. The van der Waals surface area contributed by atoms with E-state index in [2.05, 4.69) is 4.90 Å². The van der Waals surface area contributed by atoms with Crippen LogP contribution in [0.25, 0.3) is 10.8 Å². The molecule has 0 spiro atoms. The van der Waals surface area contributed by atoms with Crippen molar-refractivity contribution in [2.24, 2.45) is 5.41 Å². The molecule has 1 fully saturated rings. The average molecular weight is 393 g/mol. The lowest BCUT2D eigenvalue weighted by molar-refractivity contribution is -0.160. The van der Waals surface area contributed by atoms with Gasteiger partial charge in [0.15, 0.2) is 0 Å². The van der Waals surface area contributed by atoms with Gasteiger partial charge in [-0.1, -0.05) is 6.07 Å². The van der Waals surface area contributed by atoms with Gasteiger partial charge in [0, 0.05) is 26.8 Å². The van der Waals surface area contributed by atoms with Gasteiger partial charge in [-0.2, -0.15) is 0 Å². The summed E-state index contributed by atoms with van der Waals surface area (Å²) in [6.07, 6.45) is 2.47. The number of thiophene rings is 1. The summed E-state index contributed by atoms with van der Waals surface area (Å²) in [6.45, 7) is 7.04. The van der Waals surface area contributed by atoms with Crippen molar-refractivity contribution in [2.45, 2.75) is 39.7 Å². The van der Waals surface area contributed by atoms with E-state index in [4.69, 9.17) is 18.9 Å². The van der Waals surface area contributed by atoms with Crippen LogP contribution in [0.15, 0.2) is 21.9 Å². The molecule has 6 nitrogen and oxygen atoms in total. The number of carbonyl (C=O) groups excluding carboxylic acids is 1. The highest BCUT2D eigenvalue weighted by molar-refractivity contribution is 7.13. The van der Waals surface area contributed by atoms with Crippen molar-refractivity contribution in [3.8, 4) is 10.8 Å². The molecule has 0 radical (unpaired) electrons. The second-order valence-corrected chi connectivity index (χ2v) is 8.00. The van der Waals surface area contributed by atoms with E-state index in [0.29, 0.717) is 38.6 Å². The molecule has 3 heterocycles. The fourth-order valence-electron chi connectivity index (χ4n) is 3.71. The third-order valence-corrected chi connectivity index (χ3v) is 6.00. The lowest BCUT2D eigenvalue weighted by atomic mass is 9.77. The Bertz CT molecular complexity index is 743. The van der Waals surface area contributed by atoms with Gasteiger partial charge in [0.05, 0.1) is 22.6 Å². The van der Waals surface area contributed by atoms with Gasteiger partial charge in [0.25, 0.3) is 0 Å². The highest BCUT2D eigenvalue weighted by Crippen LogP contribution is 2.36. The molecule has 1 saturated heterocycles. The molecular formula is C20H28N2O4S. The number of likely N-dealkylation sites (tertiary alicyclic amines) is 1. The van der Waals surface area contributed by atoms with Crippen molar-refractivity contribution in [2.75, 3.05) is 33.4 Å². The summed E-state index contributed by atoms with van der Waals surface area (Å²) in [6, 6.07) is 4.00. The normalized spacial score (nSPS) is 20.7. The van der Waals surface area contributed by atoms with Crippen molar-refractivity contribution in [3.63, 3.8) is 0 Å². The van der Waals surface area contributed by atoms with Crippen molar-refractivity contribution >= 4 is 17.3 Å². The molecule has 27 heavy (non-hydrogen) atoms. The fourth-order valence-corrected chi connectivity index (χ4v) is 4.36. The number of aryl methyl sites for hydroxylation is 1. The fraction of sp³-hybridized carbons (Fsp3) is 0.600. The lowest BCUT2D eigenvalue weighted by Crippen LogP contribution is -2.48. The molecule has 2 aromatic rings. The molecule has 0 bridgehead atoms.